The zero-order valence-corrected chi connectivity index (χ0v) is 9.73. The van der Waals surface area contributed by atoms with Crippen molar-refractivity contribution in [3.05, 3.63) is 16.1 Å². The number of aryl methyl sites for hydroxylation is 1. The summed E-state index contributed by atoms with van der Waals surface area (Å²) in [5.74, 6) is 0. The number of aromatic nitrogens is 1. The molecule has 0 aliphatic rings. The maximum atomic E-state index is 5.42. The van der Waals surface area contributed by atoms with E-state index in [1.807, 2.05) is 6.20 Å². The van der Waals surface area contributed by atoms with E-state index >= 15 is 0 Å². The van der Waals surface area contributed by atoms with E-state index in [-0.39, 0.29) is 0 Å². The predicted octanol–water partition coefficient (Wildman–Crippen LogP) is 1.84. The van der Waals surface area contributed by atoms with E-state index in [1.165, 1.54) is 9.88 Å². The molecule has 1 aromatic heterocycles. The highest BCUT2D eigenvalue weighted by Gasteiger charge is 2.07. The fourth-order valence-electron chi connectivity index (χ4n) is 1.25. The maximum absolute atomic E-state index is 5.42. The van der Waals surface area contributed by atoms with Crippen molar-refractivity contribution in [2.24, 2.45) is 5.73 Å². The second-order valence-electron chi connectivity index (χ2n) is 3.48. The van der Waals surface area contributed by atoms with E-state index in [9.17, 15) is 0 Å². The summed E-state index contributed by atoms with van der Waals surface area (Å²) in [5.41, 5.74) is 5.42. The normalized spacial score (nSPS) is 13.1. The molecule has 1 unspecified atom stereocenters. The fraction of sp³-hybridized carbons (Fsp3) is 0.700. The van der Waals surface area contributed by atoms with E-state index in [0.717, 1.165) is 25.9 Å². The molecule has 0 bridgehead atoms. The minimum Gasteiger partial charge on any atom is -0.330 e. The number of nitrogens with zero attached hydrogens (tertiary/aromatic N) is 1. The van der Waals surface area contributed by atoms with Crippen LogP contribution in [0.4, 0.5) is 0 Å². The Labute approximate surface area is 89.7 Å². The number of hydrogen-bond acceptors (Lipinski definition) is 4. The summed E-state index contributed by atoms with van der Waals surface area (Å²) in [6.45, 7) is 6.05. The molecule has 3 nitrogen and oxygen atoms in total. The minimum absolute atomic E-state index is 0.367. The first-order valence-electron chi connectivity index (χ1n) is 5.10. The van der Waals surface area contributed by atoms with Gasteiger partial charge in [-0.25, -0.2) is 4.98 Å². The van der Waals surface area contributed by atoms with E-state index in [1.54, 1.807) is 11.3 Å². The van der Waals surface area contributed by atoms with Gasteiger partial charge in [0.25, 0.3) is 0 Å². The maximum Gasteiger partial charge on any atom is 0.109 e. The molecule has 3 N–H and O–H groups in total. The van der Waals surface area contributed by atoms with Crippen molar-refractivity contribution in [2.75, 3.05) is 13.1 Å². The van der Waals surface area contributed by atoms with Crippen molar-refractivity contribution in [1.82, 2.24) is 10.3 Å². The third-order valence-electron chi connectivity index (χ3n) is 2.09. The van der Waals surface area contributed by atoms with Crippen LogP contribution in [0.2, 0.25) is 0 Å². The molecule has 0 spiro atoms. The highest BCUT2D eigenvalue weighted by atomic mass is 32.1. The van der Waals surface area contributed by atoms with Gasteiger partial charge in [0, 0.05) is 11.1 Å². The molecule has 0 aliphatic heterocycles. The quantitative estimate of drug-likeness (QED) is 0.709. The number of thiazole rings is 1. The van der Waals surface area contributed by atoms with Crippen LogP contribution in [0.5, 0.6) is 0 Å². The largest absolute Gasteiger partial charge is 0.330 e. The van der Waals surface area contributed by atoms with E-state index in [2.05, 4.69) is 24.1 Å². The molecule has 4 heteroatoms. The Morgan fingerprint density at radius 2 is 2.36 bits per heavy atom. The minimum atomic E-state index is 0.367. The molecule has 1 rings (SSSR count). The third-order valence-corrected chi connectivity index (χ3v) is 3.19. The van der Waals surface area contributed by atoms with Crippen LogP contribution in [0.3, 0.4) is 0 Å². The molecule has 0 saturated carbocycles. The molecule has 0 aromatic carbocycles. The Morgan fingerprint density at radius 1 is 1.57 bits per heavy atom. The summed E-state index contributed by atoms with van der Waals surface area (Å²) in [6, 6.07) is 0.367. The van der Waals surface area contributed by atoms with Crippen molar-refractivity contribution < 1.29 is 0 Å². The smallest absolute Gasteiger partial charge is 0.109 e. The fourth-order valence-corrected chi connectivity index (χ4v) is 2.05. The lowest BCUT2D eigenvalue weighted by molar-refractivity contribution is 0.547. The Bertz CT molecular complexity index is 260. The van der Waals surface area contributed by atoms with Gasteiger partial charge in [-0.3, -0.25) is 0 Å². The van der Waals surface area contributed by atoms with Gasteiger partial charge >= 0.3 is 0 Å². The molecule has 14 heavy (non-hydrogen) atoms. The summed E-state index contributed by atoms with van der Waals surface area (Å²) in [7, 11) is 0. The van der Waals surface area contributed by atoms with Crippen LogP contribution in [-0.2, 0) is 0 Å². The Balaban J connectivity index is 2.25. The summed E-state index contributed by atoms with van der Waals surface area (Å²) in [4.78, 5) is 5.62. The lowest BCUT2D eigenvalue weighted by Crippen LogP contribution is -2.20. The molecule has 0 amide bonds. The summed E-state index contributed by atoms with van der Waals surface area (Å²) < 4.78 is 0. The van der Waals surface area contributed by atoms with Gasteiger partial charge in [-0.05, 0) is 39.8 Å². The first-order chi connectivity index (χ1) is 6.74. The van der Waals surface area contributed by atoms with Gasteiger partial charge in [0.2, 0.25) is 0 Å². The van der Waals surface area contributed by atoms with Crippen molar-refractivity contribution in [3.8, 4) is 0 Å². The number of rotatable bonds is 6. The van der Waals surface area contributed by atoms with Gasteiger partial charge in [-0.15, -0.1) is 11.3 Å². The Hall–Kier alpha value is -0.450. The van der Waals surface area contributed by atoms with Crippen molar-refractivity contribution >= 4 is 11.3 Å². The first kappa shape index (κ1) is 11.6. The molecule has 1 heterocycles. The molecule has 0 saturated heterocycles. The lowest BCUT2D eigenvalue weighted by Gasteiger charge is -2.10. The highest BCUT2D eigenvalue weighted by molar-refractivity contribution is 7.11. The van der Waals surface area contributed by atoms with Gasteiger partial charge in [0.1, 0.15) is 5.01 Å². The average Bonchev–Trinajstić information content (AvgIpc) is 2.59. The first-order valence-corrected chi connectivity index (χ1v) is 5.91. The van der Waals surface area contributed by atoms with Crippen LogP contribution in [0.15, 0.2) is 6.20 Å². The van der Waals surface area contributed by atoms with Gasteiger partial charge in [0.05, 0.1) is 6.04 Å². The van der Waals surface area contributed by atoms with Gasteiger partial charge < -0.3 is 11.1 Å². The summed E-state index contributed by atoms with van der Waals surface area (Å²) >= 11 is 1.76. The summed E-state index contributed by atoms with van der Waals surface area (Å²) in [6.07, 6.45) is 4.17. The number of nitrogens with two attached hydrogens (primary N) is 1. The third kappa shape index (κ3) is 3.74. The number of hydrogen-bond donors (Lipinski definition) is 2. The zero-order chi connectivity index (χ0) is 10.4. The SMILES string of the molecule is Cc1cnc(C(C)NCCCCN)s1. The van der Waals surface area contributed by atoms with Gasteiger partial charge in [0.15, 0.2) is 0 Å². The molecule has 80 valence electrons. The molecule has 0 radical (unpaired) electrons. The second kappa shape index (κ2) is 6.11. The zero-order valence-electron chi connectivity index (χ0n) is 8.92. The molecular weight excluding hydrogens is 194 g/mol. The van der Waals surface area contributed by atoms with Crippen LogP contribution < -0.4 is 11.1 Å². The van der Waals surface area contributed by atoms with E-state index < -0.39 is 0 Å². The molecular formula is C10H19N3S. The highest BCUT2D eigenvalue weighted by Crippen LogP contribution is 2.18. The Morgan fingerprint density at radius 3 is 2.93 bits per heavy atom. The van der Waals surface area contributed by atoms with Crippen LogP contribution >= 0.6 is 11.3 Å². The summed E-state index contributed by atoms with van der Waals surface area (Å²) in [5, 5.41) is 4.62. The predicted molar refractivity (Wildman–Crippen MR) is 61.6 cm³/mol. The van der Waals surface area contributed by atoms with Crippen molar-refractivity contribution in [2.45, 2.75) is 32.7 Å². The van der Waals surface area contributed by atoms with Crippen molar-refractivity contribution in [3.63, 3.8) is 0 Å². The molecule has 0 aliphatic carbocycles. The van der Waals surface area contributed by atoms with E-state index in [0.29, 0.717) is 6.04 Å². The monoisotopic (exact) mass is 213 g/mol. The number of nitrogens with one attached hydrogen (secondary N) is 1. The topological polar surface area (TPSA) is 50.9 Å². The Kier molecular flexibility index (Phi) is 5.07. The average molecular weight is 213 g/mol. The standard InChI is InChI=1S/C10H19N3S/c1-8-7-13-10(14-8)9(2)12-6-4-3-5-11/h7,9,12H,3-6,11H2,1-2H3. The van der Waals surface area contributed by atoms with Crippen LogP contribution in [0.1, 0.15) is 35.7 Å². The van der Waals surface area contributed by atoms with Crippen molar-refractivity contribution in [1.29, 1.82) is 0 Å². The van der Waals surface area contributed by atoms with Crippen LogP contribution in [-0.4, -0.2) is 18.1 Å². The molecule has 1 atom stereocenters. The molecule has 1 aromatic rings. The molecule has 0 fully saturated rings. The van der Waals surface area contributed by atoms with Gasteiger partial charge in [-0.2, -0.15) is 0 Å². The van der Waals surface area contributed by atoms with Crippen LogP contribution in [0.25, 0.3) is 0 Å². The lowest BCUT2D eigenvalue weighted by atomic mass is 10.3. The second-order valence-corrected chi connectivity index (χ2v) is 4.75. The van der Waals surface area contributed by atoms with E-state index in [4.69, 9.17) is 5.73 Å². The van der Waals surface area contributed by atoms with Gasteiger partial charge in [-0.1, -0.05) is 0 Å². The number of unbranched alkanes of at least 4 members (excludes halogenated alkanes) is 1. The van der Waals surface area contributed by atoms with Crippen LogP contribution in [0, 0.1) is 6.92 Å².